The van der Waals surface area contributed by atoms with Gasteiger partial charge in [0.25, 0.3) is 0 Å². The second kappa shape index (κ2) is 24.8. The lowest BCUT2D eigenvalue weighted by molar-refractivity contribution is -0.654. The number of esters is 2. The van der Waals surface area contributed by atoms with Crippen molar-refractivity contribution in [3.05, 3.63) is 28.2 Å². The van der Waals surface area contributed by atoms with Gasteiger partial charge in [0, 0.05) is 25.9 Å². The number of hydrogen-bond acceptors (Lipinski definition) is 8. The lowest BCUT2D eigenvalue weighted by Crippen LogP contribution is -2.84. The van der Waals surface area contributed by atoms with Gasteiger partial charge in [-0.15, -0.1) is 4.91 Å². The van der Waals surface area contributed by atoms with E-state index in [4.69, 9.17) is 9.47 Å². The van der Waals surface area contributed by atoms with E-state index < -0.39 is 0 Å². The van der Waals surface area contributed by atoms with Crippen molar-refractivity contribution >= 4 is 11.9 Å². The molecule has 6 fully saturated rings. The zero-order valence-electron chi connectivity index (χ0n) is 48.9. The normalized spacial score (nSPS) is 38.1. The summed E-state index contributed by atoms with van der Waals surface area (Å²) in [6.07, 6.45) is 34.5. The van der Waals surface area contributed by atoms with Crippen LogP contribution in [0.4, 0.5) is 0 Å². The van der Waals surface area contributed by atoms with Gasteiger partial charge in [-0.1, -0.05) is 136 Å². The molecule has 0 amide bonds. The molecule has 0 heterocycles. The van der Waals surface area contributed by atoms with Crippen molar-refractivity contribution in [1.29, 1.82) is 0 Å². The number of nitrogens with two attached hydrogens (primary N) is 1. The molecule has 0 unspecified atom stereocenters. The quantitative estimate of drug-likeness (QED) is 0.0304. The molecule has 3 N–H and O–H groups in total. The molecule has 10 heteroatoms. The van der Waals surface area contributed by atoms with Crippen molar-refractivity contribution in [2.45, 2.75) is 248 Å². The minimum absolute atomic E-state index is 0.0152. The third-order valence-electron chi connectivity index (χ3n) is 23.6. The van der Waals surface area contributed by atoms with Crippen LogP contribution in [-0.4, -0.2) is 65.8 Å². The topological polar surface area (TPSA) is 125 Å². The van der Waals surface area contributed by atoms with E-state index in [1.807, 2.05) is 0 Å². The van der Waals surface area contributed by atoms with E-state index in [1.165, 1.54) is 113 Å². The van der Waals surface area contributed by atoms with E-state index in [2.05, 4.69) is 92.0 Å². The first-order valence-corrected chi connectivity index (χ1v) is 31.5. The van der Waals surface area contributed by atoms with Crippen LogP contribution in [0, 0.1) is 97.6 Å². The third kappa shape index (κ3) is 12.4. The predicted molar refractivity (Wildman–Crippen MR) is 297 cm³/mol. The first kappa shape index (κ1) is 57.9. The second-order valence-corrected chi connectivity index (χ2v) is 28.7. The highest BCUT2D eigenvalue weighted by atomic mass is 16.6. The standard InChI is InChI=1S/C64H108N4O6/c1-43(2)15-13-17-45(5)53-23-25-55-51-21-19-47-41-49(27-33-61(47,7)57(51)29-35-63(53,55)9)73-59(69)31-38-65-37-11-12-39-67(68(72)66-71)40-32-60(70)74-50-28-34-62(8)48(42-50)20-22-52-56-26-24-54(46(6)18-14-16-44(3)4)64(56,10)36-30-58(52)62/h19-20,43-46,49-58,65,72H,11-18,21-42H2,1-10H3/p+1/t45-,46-,49+,50+,51+,52+,53-,54-,55+,56+,57+,58+,61+,62+,63-,64-/m1/s1. The fourth-order valence-corrected chi connectivity index (χ4v) is 19.5. The van der Waals surface area contributed by atoms with Gasteiger partial charge in [0.15, 0.2) is 0 Å². The molecule has 0 aromatic carbocycles. The van der Waals surface area contributed by atoms with Gasteiger partial charge in [0.05, 0.1) is 31.2 Å². The summed E-state index contributed by atoms with van der Waals surface area (Å²) in [5.41, 5.74) is 4.49. The van der Waals surface area contributed by atoms with Gasteiger partial charge in [0.1, 0.15) is 12.2 Å². The Morgan fingerprint density at radius 2 is 1.09 bits per heavy atom. The smallest absolute Gasteiger partial charge is 0.311 e. The summed E-state index contributed by atoms with van der Waals surface area (Å²) < 4.78 is 12.3. The Hall–Kier alpha value is -2.30. The number of hydrogen-bond donors (Lipinski definition) is 2. The van der Waals surface area contributed by atoms with Crippen molar-refractivity contribution in [1.82, 2.24) is 10.3 Å². The number of unbranched alkanes of at least 4 members (excludes halogenated alkanes) is 1. The molecule has 8 aliphatic carbocycles. The van der Waals surface area contributed by atoms with E-state index >= 15 is 0 Å². The van der Waals surface area contributed by atoms with Crippen molar-refractivity contribution in [3.8, 4) is 0 Å². The maximum absolute atomic E-state index is 13.3. The molecular weight excluding hydrogens is 921 g/mol. The van der Waals surface area contributed by atoms with Crippen molar-refractivity contribution in [3.63, 3.8) is 0 Å². The molecule has 16 atom stereocenters. The van der Waals surface area contributed by atoms with Gasteiger partial charge in [-0.05, 0) is 195 Å². The Kier molecular flexibility index (Phi) is 19.4. The van der Waals surface area contributed by atoms with Crippen LogP contribution in [0.25, 0.3) is 0 Å². The van der Waals surface area contributed by atoms with Crippen LogP contribution < -0.4 is 5.32 Å². The average molecular weight is 1030 g/mol. The Labute approximate surface area is 450 Å². The molecular formula is C64H109N4O6+. The number of fused-ring (bicyclic) bond motifs is 10. The molecule has 0 aliphatic heterocycles. The van der Waals surface area contributed by atoms with E-state index in [0.717, 1.165) is 123 Å². The number of allylic oxidation sites excluding steroid dienone is 2. The number of nitrogens with zero attached hydrogens (tertiary/aromatic N) is 3. The SMILES string of the molecule is CC(C)CCC[C@@H](C)[C@H]1CC[C@H]2[C@@H]3CC=C4C[C@@H](OC(=O)CC[NH2+]CCCCN(CCC(=O)O[C@H]5CC[C@@]6(C)C(=CC[C@H]7[C@@H]8CC[C@H]([C@H](C)CCCC(C)C)[C@@]8(C)CC[C@@H]76)C5)N(O)N=O)CC[C@]4(C)[C@H]3CC[C@]12C. The van der Waals surface area contributed by atoms with Gasteiger partial charge in [-0.25, -0.2) is 0 Å². The zero-order valence-corrected chi connectivity index (χ0v) is 48.9. The number of carbonyl (C=O) groups excluding carboxylic acids is 2. The molecule has 8 rings (SSSR count). The minimum Gasteiger partial charge on any atom is -0.462 e. The highest BCUT2D eigenvalue weighted by Gasteiger charge is 2.61. The summed E-state index contributed by atoms with van der Waals surface area (Å²) >= 11 is 0. The van der Waals surface area contributed by atoms with Gasteiger partial charge in [-0.2, -0.15) is 5.01 Å². The van der Waals surface area contributed by atoms with Crippen LogP contribution in [0.5, 0.6) is 0 Å². The highest BCUT2D eigenvalue weighted by molar-refractivity contribution is 5.70. The summed E-state index contributed by atoms with van der Waals surface area (Å²) in [6.45, 7) is 27.0. The van der Waals surface area contributed by atoms with E-state index in [0.29, 0.717) is 42.0 Å². The minimum atomic E-state index is -0.289. The highest BCUT2D eigenvalue weighted by Crippen LogP contribution is 2.69. The molecule has 74 heavy (non-hydrogen) atoms. The summed E-state index contributed by atoms with van der Waals surface area (Å²) in [5, 5.41) is 16.9. The molecule has 0 aromatic heterocycles. The summed E-state index contributed by atoms with van der Waals surface area (Å²) in [5.74, 6) is 9.35. The number of hydrazine groups is 1. The molecule has 0 bridgehead atoms. The number of rotatable bonds is 25. The lowest BCUT2D eigenvalue weighted by Gasteiger charge is -2.58. The van der Waals surface area contributed by atoms with Gasteiger partial charge in [-0.3, -0.25) is 14.8 Å². The Morgan fingerprint density at radius 1 is 0.608 bits per heavy atom. The molecule has 0 spiro atoms. The predicted octanol–water partition coefficient (Wildman–Crippen LogP) is 14.6. The van der Waals surface area contributed by atoms with Crippen molar-refractivity contribution in [2.24, 2.45) is 98.0 Å². The van der Waals surface area contributed by atoms with Gasteiger partial charge in [0.2, 0.25) is 0 Å². The molecule has 6 saturated carbocycles. The van der Waals surface area contributed by atoms with Crippen LogP contribution in [0.1, 0.15) is 236 Å². The number of quaternary nitrogens is 1. The maximum atomic E-state index is 13.3. The number of carbonyl (C=O) groups is 2. The van der Waals surface area contributed by atoms with Gasteiger partial charge < -0.3 is 14.8 Å². The molecule has 10 nitrogen and oxygen atoms in total. The summed E-state index contributed by atoms with van der Waals surface area (Å²) in [6, 6.07) is 0. The van der Waals surface area contributed by atoms with E-state index in [-0.39, 0.29) is 47.9 Å². The zero-order chi connectivity index (χ0) is 53.0. The molecule has 0 radical (unpaired) electrons. The van der Waals surface area contributed by atoms with Crippen LogP contribution in [0.15, 0.2) is 28.6 Å². The summed E-state index contributed by atoms with van der Waals surface area (Å²) in [4.78, 5) is 37.8. The Bertz CT molecular complexity index is 1950. The van der Waals surface area contributed by atoms with Crippen LogP contribution in [-0.2, 0) is 19.1 Å². The van der Waals surface area contributed by atoms with Crippen LogP contribution in [0.3, 0.4) is 0 Å². The fourth-order valence-electron chi connectivity index (χ4n) is 19.5. The van der Waals surface area contributed by atoms with Crippen molar-refractivity contribution < 1.29 is 29.6 Å². The first-order valence-electron chi connectivity index (χ1n) is 31.5. The lowest BCUT2D eigenvalue weighted by atomic mass is 9.47. The largest absolute Gasteiger partial charge is 0.462 e. The second-order valence-electron chi connectivity index (χ2n) is 28.7. The first-order chi connectivity index (χ1) is 35.3. The molecule has 0 aromatic rings. The number of ether oxygens (including phenoxy) is 2. The maximum Gasteiger partial charge on any atom is 0.311 e. The average Bonchev–Trinajstić information content (AvgIpc) is 3.91. The van der Waals surface area contributed by atoms with E-state index in [9.17, 15) is 19.7 Å². The van der Waals surface area contributed by atoms with Crippen molar-refractivity contribution in [2.75, 3.05) is 26.2 Å². The Balaban J connectivity index is 0.706. The molecule has 0 saturated heterocycles. The number of nitroso groups, excluding NO2 is 1. The van der Waals surface area contributed by atoms with Crippen LogP contribution >= 0.6 is 0 Å². The fraction of sp³-hybridized carbons (Fsp3) is 0.906. The third-order valence-corrected chi connectivity index (χ3v) is 23.6. The monoisotopic (exact) mass is 1030 g/mol. The molecule has 8 aliphatic rings. The van der Waals surface area contributed by atoms with Crippen LogP contribution in [0.2, 0.25) is 0 Å². The molecule has 420 valence electrons. The summed E-state index contributed by atoms with van der Waals surface area (Å²) in [7, 11) is 0. The Morgan fingerprint density at radius 3 is 1.57 bits per heavy atom. The van der Waals surface area contributed by atoms with E-state index in [1.54, 1.807) is 5.57 Å². The van der Waals surface area contributed by atoms with Gasteiger partial charge >= 0.3 is 11.9 Å².